The van der Waals surface area contributed by atoms with E-state index in [1.165, 1.54) is 6.08 Å². The van der Waals surface area contributed by atoms with Gasteiger partial charge in [0.05, 0.1) is 18.8 Å². The molecule has 1 amide bonds. The van der Waals surface area contributed by atoms with Gasteiger partial charge >= 0.3 is 11.9 Å². The first-order valence-electron chi connectivity index (χ1n) is 8.59. The fourth-order valence-corrected chi connectivity index (χ4v) is 3.67. The van der Waals surface area contributed by atoms with Gasteiger partial charge in [0.1, 0.15) is 9.88 Å². The molecular weight excluding hydrogens is 402 g/mol. The summed E-state index contributed by atoms with van der Waals surface area (Å²) in [6.45, 7) is 5.36. The second kappa shape index (κ2) is 10.1. The predicted octanol–water partition coefficient (Wildman–Crippen LogP) is 4.72. The van der Waals surface area contributed by atoms with Gasteiger partial charge in [0, 0.05) is 11.1 Å². The van der Waals surface area contributed by atoms with E-state index in [0.29, 0.717) is 10.6 Å². The number of anilines is 1. The Labute approximate surface area is 172 Å². The molecule has 28 heavy (non-hydrogen) atoms. The molecule has 1 N–H and O–H groups in total. The average Bonchev–Trinajstić information content (AvgIpc) is 2.96. The standard InChI is InChI=1S/C20H20ClNO5S/c1-4-26-19(24)16-12(3)17(20(25)27-5-2)28-18(16)22-15(23)10-9-13-7-6-8-14(21)11-13/h6-11H,4-5H2,1-3H3,(H,22,23). The van der Waals surface area contributed by atoms with Gasteiger partial charge in [0.25, 0.3) is 0 Å². The number of thiophene rings is 1. The first kappa shape index (κ1) is 21.7. The predicted molar refractivity (Wildman–Crippen MR) is 110 cm³/mol. The fourth-order valence-electron chi connectivity index (χ4n) is 2.38. The van der Waals surface area contributed by atoms with Crippen molar-refractivity contribution in [3.05, 3.63) is 56.9 Å². The molecule has 0 atom stereocenters. The maximum Gasteiger partial charge on any atom is 0.348 e. The third kappa shape index (κ3) is 5.43. The van der Waals surface area contributed by atoms with Crippen molar-refractivity contribution in [2.75, 3.05) is 18.5 Å². The summed E-state index contributed by atoms with van der Waals surface area (Å²) in [5.41, 5.74) is 1.32. The third-order valence-corrected chi connectivity index (χ3v) is 5.02. The Morgan fingerprint density at radius 1 is 1.14 bits per heavy atom. The third-order valence-electron chi connectivity index (χ3n) is 3.60. The van der Waals surface area contributed by atoms with Crippen LogP contribution in [0.25, 0.3) is 6.08 Å². The summed E-state index contributed by atoms with van der Waals surface area (Å²) in [4.78, 5) is 37.0. The molecule has 0 aliphatic rings. The van der Waals surface area contributed by atoms with Crippen LogP contribution in [0.3, 0.4) is 0 Å². The molecule has 0 bridgehead atoms. The van der Waals surface area contributed by atoms with Gasteiger partial charge in [-0.2, -0.15) is 0 Å². The molecule has 8 heteroatoms. The summed E-state index contributed by atoms with van der Waals surface area (Å²) in [5, 5.41) is 3.44. The van der Waals surface area contributed by atoms with E-state index in [1.807, 2.05) is 0 Å². The molecule has 0 radical (unpaired) electrons. The lowest BCUT2D eigenvalue weighted by molar-refractivity contribution is -0.111. The van der Waals surface area contributed by atoms with Crippen LogP contribution in [-0.2, 0) is 14.3 Å². The zero-order valence-electron chi connectivity index (χ0n) is 15.7. The van der Waals surface area contributed by atoms with Crippen LogP contribution >= 0.6 is 22.9 Å². The number of esters is 2. The van der Waals surface area contributed by atoms with Crippen molar-refractivity contribution < 1.29 is 23.9 Å². The molecule has 2 aromatic rings. The van der Waals surface area contributed by atoms with Gasteiger partial charge in [-0.25, -0.2) is 9.59 Å². The zero-order valence-corrected chi connectivity index (χ0v) is 17.3. The van der Waals surface area contributed by atoms with E-state index in [0.717, 1.165) is 16.9 Å². The summed E-state index contributed by atoms with van der Waals surface area (Å²) in [6, 6.07) is 7.01. The first-order valence-corrected chi connectivity index (χ1v) is 9.79. The summed E-state index contributed by atoms with van der Waals surface area (Å²) in [7, 11) is 0. The Balaban J connectivity index is 2.29. The molecule has 1 aromatic heterocycles. The highest BCUT2D eigenvalue weighted by Gasteiger charge is 2.26. The first-order chi connectivity index (χ1) is 13.4. The van der Waals surface area contributed by atoms with Gasteiger partial charge in [0.15, 0.2) is 0 Å². The monoisotopic (exact) mass is 421 g/mol. The van der Waals surface area contributed by atoms with Gasteiger partial charge in [0.2, 0.25) is 5.91 Å². The number of amides is 1. The molecule has 0 aliphatic heterocycles. The average molecular weight is 422 g/mol. The molecule has 148 valence electrons. The number of carbonyl (C=O) groups is 3. The second-order valence-corrected chi connectivity index (χ2v) is 7.04. The van der Waals surface area contributed by atoms with Crippen molar-refractivity contribution in [3.8, 4) is 0 Å². The molecule has 0 aliphatic carbocycles. The quantitative estimate of drug-likeness (QED) is 0.517. The number of nitrogens with one attached hydrogen (secondary N) is 1. The van der Waals surface area contributed by atoms with E-state index in [4.69, 9.17) is 21.1 Å². The van der Waals surface area contributed by atoms with Gasteiger partial charge < -0.3 is 14.8 Å². The molecule has 0 spiro atoms. The minimum Gasteiger partial charge on any atom is -0.462 e. The summed E-state index contributed by atoms with van der Waals surface area (Å²) in [5.74, 6) is -1.62. The Kier molecular flexibility index (Phi) is 7.78. The molecule has 0 fully saturated rings. The molecular formula is C20H20ClNO5S. The Hall–Kier alpha value is -2.64. The van der Waals surface area contributed by atoms with Crippen molar-refractivity contribution in [2.24, 2.45) is 0 Å². The number of halogens is 1. The van der Waals surface area contributed by atoms with Gasteiger partial charge in [-0.05, 0) is 50.1 Å². The normalized spacial score (nSPS) is 10.7. The highest BCUT2D eigenvalue weighted by atomic mass is 35.5. The number of benzene rings is 1. The van der Waals surface area contributed by atoms with E-state index >= 15 is 0 Å². The molecule has 1 heterocycles. The van der Waals surface area contributed by atoms with Crippen LogP contribution in [0.1, 0.15) is 45.0 Å². The van der Waals surface area contributed by atoms with E-state index in [9.17, 15) is 14.4 Å². The fraction of sp³-hybridized carbons (Fsp3) is 0.250. The van der Waals surface area contributed by atoms with E-state index in [1.54, 1.807) is 51.1 Å². The van der Waals surface area contributed by atoms with Crippen molar-refractivity contribution >= 4 is 51.9 Å². The topological polar surface area (TPSA) is 81.7 Å². The van der Waals surface area contributed by atoms with Crippen LogP contribution in [0.15, 0.2) is 30.3 Å². The second-order valence-electron chi connectivity index (χ2n) is 5.58. The molecule has 0 saturated carbocycles. The van der Waals surface area contributed by atoms with Crippen LogP contribution in [0.2, 0.25) is 5.02 Å². The molecule has 0 unspecified atom stereocenters. The van der Waals surface area contributed by atoms with E-state index in [2.05, 4.69) is 5.32 Å². The number of ether oxygens (including phenoxy) is 2. The molecule has 2 rings (SSSR count). The Bertz CT molecular complexity index is 919. The van der Waals surface area contributed by atoms with Crippen LogP contribution in [0.4, 0.5) is 5.00 Å². The maximum absolute atomic E-state index is 12.3. The summed E-state index contributed by atoms with van der Waals surface area (Å²) < 4.78 is 10.1. The maximum atomic E-state index is 12.3. The lowest BCUT2D eigenvalue weighted by atomic mass is 10.1. The Morgan fingerprint density at radius 2 is 1.82 bits per heavy atom. The lowest BCUT2D eigenvalue weighted by Gasteiger charge is -2.05. The van der Waals surface area contributed by atoms with Gasteiger partial charge in [-0.1, -0.05) is 23.7 Å². The van der Waals surface area contributed by atoms with Crippen LogP contribution in [0.5, 0.6) is 0 Å². The van der Waals surface area contributed by atoms with Crippen molar-refractivity contribution in [1.29, 1.82) is 0 Å². The van der Waals surface area contributed by atoms with Gasteiger partial charge in [-0.15, -0.1) is 11.3 Å². The highest BCUT2D eigenvalue weighted by molar-refractivity contribution is 7.18. The summed E-state index contributed by atoms with van der Waals surface area (Å²) in [6.07, 6.45) is 2.91. The smallest absolute Gasteiger partial charge is 0.348 e. The summed E-state index contributed by atoms with van der Waals surface area (Å²) >= 11 is 6.90. The number of rotatable bonds is 7. The molecule has 0 saturated heterocycles. The van der Waals surface area contributed by atoms with Gasteiger partial charge in [-0.3, -0.25) is 4.79 Å². The number of hydrogen-bond donors (Lipinski definition) is 1. The van der Waals surface area contributed by atoms with Crippen LogP contribution in [-0.4, -0.2) is 31.1 Å². The van der Waals surface area contributed by atoms with Crippen LogP contribution in [0, 0.1) is 6.92 Å². The van der Waals surface area contributed by atoms with Crippen molar-refractivity contribution in [1.82, 2.24) is 0 Å². The van der Waals surface area contributed by atoms with Crippen LogP contribution < -0.4 is 5.32 Å². The Morgan fingerprint density at radius 3 is 2.46 bits per heavy atom. The minimum absolute atomic E-state index is 0.152. The molecule has 1 aromatic carbocycles. The molecule has 6 nitrogen and oxygen atoms in total. The minimum atomic E-state index is -0.610. The van der Waals surface area contributed by atoms with Crippen molar-refractivity contribution in [3.63, 3.8) is 0 Å². The largest absolute Gasteiger partial charge is 0.462 e. The van der Waals surface area contributed by atoms with E-state index in [-0.39, 0.29) is 28.7 Å². The van der Waals surface area contributed by atoms with E-state index < -0.39 is 17.8 Å². The SMILES string of the molecule is CCOC(=O)c1sc(NC(=O)C=Cc2cccc(Cl)c2)c(C(=O)OCC)c1C. The number of carbonyl (C=O) groups excluding carboxylic acids is 3. The zero-order chi connectivity index (χ0) is 20.7. The number of hydrogen-bond acceptors (Lipinski definition) is 6. The lowest BCUT2D eigenvalue weighted by Crippen LogP contribution is -2.13. The van der Waals surface area contributed by atoms with Crippen molar-refractivity contribution in [2.45, 2.75) is 20.8 Å². The highest BCUT2D eigenvalue weighted by Crippen LogP contribution is 2.34.